The summed E-state index contributed by atoms with van der Waals surface area (Å²) >= 11 is -0.0438. The van der Waals surface area contributed by atoms with Crippen LogP contribution in [0.5, 0.6) is 0 Å². The van der Waals surface area contributed by atoms with Gasteiger partial charge in [-0.25, -0.2) is 0 Å². The molecule has 0 amide bonds. The van der Waals surface area contributed by atoms with Crippen molar-refractivity contribution in [2.75, 3.05) is 0 Å². The Labute approximate surface area is 72.5 Å². The van der Waals surface area contributed by atoms with Gasteiger partial charge in [0.25, 0.3) is 0 Å². The molecule has 62 valence electrons. The average Bonchev–Trinajstić information content (AvgIpc) is 2.34. The van der Waals surface area contributed by atoms with Crippen molar-refractivity contribution >= 4 is 34.4 Å². The Balaban J connectivity index is 2.60. The van der Waals surface area contributed by atoms with Crippen LogP contribution >= 0.6 is 9.18 Å². The van der Waals surface area contributed by atoms with Crippen LogP contribution in [0.25, 0.3) is 0 Å². The molecule has 0 aliphatic carbocycles. The van der Waals surface area contributed by atoms with E-state index in [2.05, 4.69) is 0 Å². The number of carbonyl (C=O) groups is 1. The van der Waals surface area contributed by atoms with Gasteiger partial charge in [-0.15, -0.1) is 0 Å². The molecular formula is C6H8O3SSe. The van der Waals surface area contributed by atoms with Crippen LogP contribution in [0.4, 0.5) is 0 Å². The van der Waals surface area contributed by atoms with Gasteiger partial charge in [0.05, 0.1) is 0 Å². The molecule has 1 aliphatic heterocycles. The van der Waals surface area contributed by atoms with Gasteiger partial charge in [0, 0.05) is 0 Å². The van der Waals surface area contributed by atoms with Crippen molar-refractivity contribution in [3.8, 4) is 0 Å². The minimum atomic E-state index is -0.814. The molecule has 1 aliphatic rings. The molecule has 11 heavy (non-hydrogen) atoms. The van der Waals surface area contributed by atoms with Crippen molar-refractivity contribution in [1.29, 1.82) is 0 Å². The summed E-state index contributed by atoms with van der Waals surface area (Å²) in [4.78, 5) is 10.5. The summed E-state index contributed by atoms with van der Waals surface area (Å²) in [6.45, 7) is 1.65. The third-order valence-corrected chi connectivity index (χ3v) is 6.07. The number of hydrogen-bond donors (Lipinski definition) is 2. The van der Waals surface area contributed by atoms with E-state index in [4.69, 9.17) is 9.66 Å². The van der Waals surface area contributed by atoms with Crippen LogP contribution in [0.1, 0.15) is 6.92 Å². The van der Waals surface area contributed by atoms with E-state index in [9.17, 15) is 4.79 Å². The Hall–Kier alpha value is -0.0905. The SMILES string of the molecule is CC(C(=O)O)C1=CC=S(O)[Se]1. The second-order valence-electron chi connectivity index (χ2n) is 2.12. The van der Waals surface area contributed by atoms with Gasteiger partial charge in [-0.3, -0.25) is 0 Å². The van der Waals surface area contributed by atoms with Crippen LogP contribution in [-0.2, 0) is 4.79 Å². The Morgan fingerprint density at radius 1 is 1.82 bits per heavy atom. The molecule has 3 nitrogen and oxygen atoms in total. The van der Waals surface area contributed by atoms with Crippen LogP contribution in [0.15, 0.2) is 10.5 Å². The number of carboxylic acids is 1. The van der Waals surface area contributed by atoms with Crippen molar-refractivity contribution in [3.63, 3.8) is 0 Å². The van der Waals surface area contributed by atoms with Crippen molar-refractivity contribution in [3.05, 3.63) is 10.5 Å². The van der Waals surface area contributed by atoms with Crippen molar-refractivity contribution < 1.29 is 14.5 Å². The first kappa shape index (κ1) is 9.00. The molecule has 0 aromatic rings. The van der Waals surface area contributed by atoms with Crippen LogP contribution < -0.4 is 0 Å². The van der Waals surface area contributed by atoms with Gasteiger partial charge in [0.2, 0.25) is 0 Å². The summed E-state index contributed by atoms with van der Waals surface area (Å²) in [7, 11) is -0.658. The number of aliphatic carboxylic acids is 1. The second-order valence-corrected chi connectivity index (χ2v) is 7.30. The molecule has 0 saturated carbocycles. The quantitative estimate of drug-likeness (QED) is 0.552. The molecule has 0 spiro atoms. The molecule has 0 aromatic heterocycles. The number of allylic oxidation sites excluding steroid dienone is 1. The van der Waals surface area contributed by atoms with E-state index in [0.29, 0.717) is 0 Å². The van der Waals surface area contributed by atoms with Crippen LogP contribution in [-0.4, -0.2) is 34.8 Å². The van der Waals surface area contributed by atoms with Gasteiger partial charge in [0.1, 0.15) is 0 Å². The molecule has 0 radical (unpaired) electrons. The predicted molar refractivity (Wildman–Crippen MR) is 46.9 cm³/mol. The first-order chi connectivity index (χ1) is 5.11. The molecule has 2 N–H and O–H groups in total. The second kappa shape index (κ2) is 3.54. The van der Waals surface area contributed by atoms with E-state index in [0.717, 1.165) is 4.47 Å². The average molecular weight is 239 g/mol. The standard InChI is InChI=1S/C6H8O3SSe/c1-4(6(7)8)5-2-3-10(9)11-5/h2-4,9H,1H3,(H,7,8). The summed E-state index contributed by atoms with van der Waals surface area (Å²) in [6, 6.07) is 0. The Bertz CT molecular complexity index is 246. The van der Waals surface area contributed by atoms with Gasteiger partial charge in [-0.05, 0) is 0 Å². The van der Waals surface area contributed by atoms with E-state index < -0.39 is 21.1 Å². The number of carboxylic acid groups (broad SMARTS) is 1. The zero-order chi connectivity index (χ0) is 8.43. The molecule has 2 unspecified atom stereocenters. The summed E-state index contributed by atoms with van der Waals surface area (Å²) in [6.07, 6.45) is 1.74. The molecule has 0 saturated heterocycles. The normalized spacial score (nSPS) is 25.6. The fraction of sp³-hybridized carbons (Fsp3) is 0.333. The van der Waals surface area contributed by atoms with Gasteiger partial charge in [-0.1, -0.05) is 0 Å². The minimum absolute atomic E-state index is 0.0438. The van der Waals surface area contributed by atoms with E-state index in [-0.39, 0.29) is 13.8 Å². The van der Waals surface area contributed by atoms with Gasteiger partial charge in [0.15, 0.2) is 0 Å². The maximum atomic E-state index is 10.5. The fourth-order valence-corrected chi connectivity index (χ4v) is 5.08. The van der Waals surface area contributed by atoms with Gasteiger partial charge >= 0.3 is 72.2 Å². The Morgan fingerprint density at radius 2 is 2.45 bits per heavy atom. The summed E-state index contributed by atoms with van der Waals surface area (Å²) in [5.41, 5.74) is 0. The zero-order valence-electron chi connectivity index (χ0n) is 5.85. The van der Waals surface area contributed by atoms with E-state index >= 15 is 0 Å². The summed E-state index contributed by atoms with van der Waals surface area (Å²) in [5.74, 6) is -1.25. The molecular weight excluding hydrogens is 231 g/mol. The molecule has 1 heterocycles. The monoisotopic (exact) mass is 240 g/mol. The molecule has 5 heteroatoms. The third kappa shape index (κ3) is 2.17. The Morgan fingerprint density at radius 3 is 2.82 bits per heavy atom. The van der Waals surface area contributed by atoms with E-state index in [1.165, 1.54) is 0 Å². The van der Waals surface area contributed by atoms with E-state index in [1.54, 1.807) is 18.4 Å². The Kier molecular flexibility index (Phi) is 2.90. The summed E-state index contributed by atoms with van der Waals surface area (Å²) in [5, 5.41) is 10.3. The van der Waals surface area contributed by atoms with Crippen molar-refractivity contribution in [1.82, 2.24) is 0 Å². The van der Waals surface area contributed by atoms with Gasteiger partial charge in [-0.2, -0.15) is 0 Å². The number of hydrogen-bond acceptors (Lipinski definition) is 2. The molecule has 2 atom stereocenters. The summed E-state index contributed by atoms with van der Waals surface area (Å²) < 4.78 is 9.96. The maximum absolute atomic E-state index is 10.5. The fourth-order valence-electron chi connectivity index (χ4n) is 0.618. The van der Waals surface area contributed by atoms with Crippen LogP contribution in [0.2, 0.25) is 0 Å². The molecule has 0 bridgehead atoms. The first-order valence-electron chi connectivity index (χ1n) is 2.99. The van der Waals surface area contributed by atoms with Crippen molar-refractivity contribution in [2.24, 2.45) is 5.92 Å². The number of rotatable bonds is 2. The van der Waals surface area contributed by atoms with Crippen LogP contribution in [0.3, 0.4) is 0 Å². The molecule has 1 rings (SSSR count). The molecule has 0 aromatic carbocycles. The van der Waals surface area contributed by atoms with E-state index in [1.807, 2.05) is 0 Å². The predicted octanol–water partition coefficient (Wildman–Crippen LogP) is 0.768. The topological polar surface area (TPSA) is 57.5 Å². The van der Waals surface area contributed by atoms with Gasteiger partial charge < -0.3 is 0 Å². The van der Waals surface area contributed by atoms with Crippen molar-refractivity contribution in [2.45, 2.75) is 6.92 Å². The zero-order valence-corrected chi connectivity index (χ0v) is 8.38. The molecule has 0 fully saturated rings. The van der Waals surface area contributed by atoms with Crippen LogP contribution in [0, 0.1) is 5.92 Å². The first-order valence-corrected chi connectivity index (χ1v) is 7.12. The third-order valence-electron chi connectivity index (χ3n) is 1.33.